The van der Waals surface area contributed by atoms with Gasteiger partial charge in [0.25, 0.3) is 11.8 Å². The lowest BCUT2D eigenvalue weighted by atomic mass is 10.0. The molecule has 3 aromatic rings. The van der Waals surface area contributed by atoms with Crippen LogP contribution in [0.5, 0.6) is 5.75 Å². The van der Waals surface area contributed by atoms with E-state index in [2.05, 4.69) is 27.7 Å². The minimum absolute atomic E-state index is 0.0959. The number of methoxy groups -OCH3 is 1. The molecule has 7 nitrogen and oxygen atoms in total. The summed E-state index contributed by atoms with van der Waals surface area (Å²) in [6, 6.07) is 13.2. The smallest absolute Gasteiger partial charge is 0.291 e. The molecule has 2 aromatic heterocycles. The second-order valence-corrected chi connectivity index (χ2v) is 9.20. The number of piperidine rings is 1. The first-order chi connectivity index (χ1) is 16.0. The van der Waals surface area contributed by atoms with Crippen molar-refractivity contribution in [3.8, 4) is 5.75 Å². The average Bonchev–Trinajstić information content (AvgIpc) is 3.50. The van der Waals surface area contributed by atoms with Gasteiger partial charge in [-0.25, -0.2) is 0 Å². The van der Waals surface area contributed by atoms with Crippen molar-refractivity contribution in [2.75, 3.05) is 32.1 Å². The largest absolute Gasteiger partial charge is 0.497 e. The number of carbonyl (C=O) groups is 2. The van der Waals surface area contributed by atoms with Crippen molar-refractivity contribution in [3.05, 3.63) is 70.5 Å². The van der Waals surface area contributed by atoms with Gasteiger partial charge in [-0.15, -0.1) is 11.3 Å². The van der Waals surface area contributed by atoms with Gasteiger partial charge in [0, 0.05) is 6.54 Å². The van der Waals surface area contributed by atoms with E-state index in [1.807, 2.05) is 25.1 Å². The van der Waals surface area contributed by atoms with Crippen LogP contribution in [0, 0.1) is 6.92 Å². The van der Waals surface area contributed by atoms with Crippen molar-refractivity contribution in [1.29, 1.82) is 0 Å². The molecular weight excluding hydrogens is 438 g/mol. The Morgan fingerprint density at radius 2 is 1.88 bits per heavy atom. The fourth-order valence-electron chi connectivity index (χ4n) is 4.13. The first-order valence-electron chi connectivity index (χ1n) is 11.2. The standard InChI is InChI=1S/C25H29N3O4S/c1-17-15-22(27-24(29)21-7-6-14-32-21)33-23(17)25(30)26-16-20(28-12-4-3-5-13-28)18-8-10-19(31-2)11-9-18/h6-11,14-15,20H,3-5,12-13,16H2,1-2H3,(H,26,30)(H,27,29). The van der Waals surface area contributed by atoms with Crippen LogP contribution < -0.4 is 15.4 Å². The van der Waals surface area contributed by atoms with E-state index in [9.17, 15) is 9.59 Å². The van der Waals surface area contributed by atoms with Gasteiger partial charge in [-0.05, 0) is 74.3 Å². The molecule has 2 amide bonds. The summed E-state index contributed by atoms with van der Waals surface area (Å²) in [5, 5.41) is 6.54. The van der Waals surface area contributed by atoms with Crippen LogP contribution in [0.15, 0.2) is 53.1 Å². The molecular formula is C25H29N3O4S. The number of aryl methyl sites for hydroxylation is 1. The predicted molar refractivity (Wildman–Crippen MR) is 129 cm³/mol. The fourth-order valence-corrected chi connectivity index (χ4v) is 5.12. The Morgan fingerprint density at radius 3 is 2.55 bits per heavy atom. The molecule has 33 heavy (non-hydrogen) atoms. The summed E-state index contributed by atoms with van der Waals surface area (Å²) >= 11 is 1.27. The van der Waals surface area contributed by atoms with Gasteiger partial charge in [-0.2, -0.15) is 0 Å². The quantitative estimate of drug-likeness (QED) is 0.494. The van der Waals surface area contributed by atoms with Crippen molar-refractivity contribution in [2.24, 2.45) is 0 Å². The average molecular weight is 468 g/mol. The van der Waals surface area contributed by atoms with Crippen LogP contribution in [0.25, 0.3) is 0 Å². The third kappa shape index (κ3) is 5.64. The van der Waals surface area contributed by atoms with Gasteiger partial charge in [0.15, 0.2) is 5.76 Å². The molecule has 174 valence electrons. The lowest BCUT2D eigenvalue weighted by Gasteiger charge is -2.35. The van der Waals surface area contributed by atoms with Crippen LogP contribution >= 0.6 is 11.3 Å². The molecule has 0 spiro atoms. The Hall–Kier alpha value is -3.10. The molecule has 3 heterocycles. The van der Waals surface area contributed by atoms with Gasteiger partial charge < -0.3 is 19.8 Å². The first-order valence-corrected chi connectivity index (χ1v) is 12.0. The van der Waals surface area contributed by atoms with Crippen LogP contribution in [0.1, 0.15) is 56.7 Å². The monoisotopic (exact) mass is 467 g/mol. The lowest BCUT2D eigenvalue weighted by Crippen LogP contribution is -2.40. The van der Waals surface area contributed by atoms with Gasteiger partial charge in [0.1, 0.15) is 5.75 Å². The third-order valence-corrected chi connectivity index (χ3v) is 7.04. The maximum atomic E-state index is 13.0. The van der Waals surface area contributed by atoms with Crippen molar-refractivity contribution in [2.45, 2.75) is 32.2 Å². The van der Waals surface area contributed by atoms with E-state index in [0.717, 1.165) is 30.0 Å². The molecule has 1 atom stereocenters. The van der Waals surface area contributed by atoms with Gasteiger partial charge >= 0.3 is 0 Å². The number of hydrogen-bond acceptors (Lipinski definition) is 6. The van der Waals surface area contributed by atoms with E-state index in [-0.39, 0.29) is 23.6 Å². The maximum Gasteiger partial charge on any atom is 0.291 e. The summed E-state index contributed by atoms with van der Waals surface area (Å²) in [4.78, 5) is 28.3. The van der Waals surface area contributed by atoms with Crippen LogP contribution in [0.4, 0.5) is 5.00 Å². The number of furan rings is 1. The number of thiophene rings is 1. The Balaban J connectivity index is 1.44. The number of likely N-dealkylation sites (tertiary alicyclic amines) is 1. The summed E-state index contributed by atoms with van der Waals surface area (Å²) in [6.45, 7) is 4.43. The number of amides is 2. The van der Waals surface area contributed by atoms with Crippen LogP contribution in [0.3, 0.4) is 0 Å². The van der Waals surface area contributed by atoms with Crippen molar-refractivity contribution < 1.29 is 18.7 Å². The highest BCUT2D eigenvalue weighted by molar-refractivity contribution is 7.18. The molecule has 0 aliphatic carbocycles. The van der Waals surface area contributed by atoms with E-state index >= 15 is 0 Å². The number of nitrogens with one attached hydrogen (secondary N) is 2. The van der Waals surface area contributed by atoms with Crippen LogP contribution in [0.2, 0.25) is 0 Å². The minimum Gasteiger partial charge on any atom is -0.497 e. The molecule has 0 bridgehead atoms. The van der Waals surface area contributed by atoms with E-state index in [0.29, 0.717) is 16.4 Å². The Bertz CT molecular complexity index is 1070. The Kier molecular flexibility index (Phi) is 7.47. The van der Waals surface area contributed by atoms with E-state index in [4.69, 9.17) is 9.15 Å². The Labute approximate surface area is 197 Å². The summed E-state index contributed by atoms with van der Waals surface area (Å²) in [7, 11) is 1.66. The summed E-state index contributed by atoms with van der Waals surface area (Å²) < 4.78 is 10.4. The zero-order chi connectivity index (χ0) is 23.2. The second kappa shape index (κ2) is 10.7. The number of nitrogens with zero attached hydrogens (tertiary/aromatic N) is 1. The number of carbonyl (C=O) groups excluding carboxylic acids is 2. The first kappa shape index (κ1) is 23.1. The molecule has 0 saturated carbocycles. The molecule has 1 saturated heterocycles. The highest BCUT2D eigenvalue weighted by atomic mass is 32.1. The van der Waals surface area contributed by atoms with Crippen molar-refractivity contribution in [1.82, 2.24) is 10.2 Å². The fraction of sp³-hybridized carbons (Fsp3) is 0.360. The topological polar surface area (TPSA) is 83.8 Å². The van der Waals surface area contributed by atoms with Gasteiger partial charge in [0.05, 0.1) is 29.3 Å². The van der Waals surface area contributed by atoms with E-state index in [1.165, 1.54) is 36.9 Å². The Morgan fingerprint density at radius 1 is 1.12 bits per heavy atom. The molecule has 4 rings (SSSR count). The summed E-state index contributed by atoms with van der Waals surface area (Å²) in [6.07, 6.45) is 5.04. The summed E-state index contributed by atoms with van der Waals surface area (Å²) in [5.41, 5.74) is 1.98. The number of rotatable bonds is 8. The molecule has 1 aliphatic rings. The van der Waals surface area contributed by atoms with Crippen LogP contribution in [-0.2, 0) is 0 Å². The number of ether oxygens (including phenoxy) is 1. The minimum atomic E-state index is -0.335. The number of anilines is 1. The van der Waals surface area contributed by atoms with E-state index in [1.54, 1.807) is 19.2 Å². The highest BCUT2D eigenvalue weighted by Crippen LogP contribution is 2.29. The molecule has 1 unspecified atom stereocenters. The predicted octanol–water partition coefficient (Wildman–Crippen LogP) is 4.87. The van der Waals surface area contributed by atoms with E-state index < -0.39 is 0 Å². The van der Waals surface area contributed by atoms with Gasteiger partial charge in [-0.3, -0.25) is 14.5 Å². The molecule has 1 fully saturated rings. The second-order valence-electron chi connectivity index (χ2n) is 8.15. The van der Waals surface area contributed by atoms with Gasteiger partial charge in [-0.1, -0.05) is 18.6 Å². The zero-order valence-corrected chi connectivity index (χ0v) is 19.7. The van der Waals surface area contributed by atoms with Crippen LogP contribution in [-0.4, -0.2) is 43.5 Å². The zero-order valence-electron chi connectivity index (χ0n) is 18.9. The van der Waals surface area contributed by atoms with Crippen molar-refractivity contribution >= 4 is 28.2 Å². The highest BCUT2D eigenvalue weighted by Gasteiger charge is 2.24. The maximum absolute atomic E-state index is 13.0. The SMILES string of the molecule is COc1ccc(C(CNC(=O)c2sc(NC(=O)c3ccco3)cc2C)N2CCCCC2)cc1. The number of hydrogen-bond donors (Lipinski definition) is 2. The molecule has 2 N–H and O–H groups in total. The van der Waals surface area contributed by atoms with Gasteiger partial charge in [0.2, 0.25) is 0 Å². The lowest BCUT2D eigenvalue weighted by molar-refractivity contribution is 0.0927. The van der Waals surface area contributed by atoms with Crippen molar-refractivity contribution in [3.63, 3.8) is 0 Å². The molecule has 1 aliphatic heterocycles. The summed E-state index contributed by atoms with van der Waals surface area (Å²) in [5.74, 6) is 0.582. The third-order valence-electron chi connectivity index (χ3n) is 5.89. The normalized spacial score (nSPS) is 15.1. The number of benzene rings is 1. The molecule has 8 heteroatoms. The molecule has 0 radical (unpaired) electrons. The molecule has 1 aromatic carbocycles.